The van der Waals surface area contributed by atoms with Gasteiger partial charge >= 0.3 is 45.3 Å². The molecule has 10 heterocycles. The molecular formula is C101H88O45. The van der Waals surface area contributed by atoms with E-state index >= 15 is 0 Å². The molecule has 0 saturated carbocycles. The van der Waals surface area contributed by atoms with Gasteiger partial charge in [-0.05, 0) is 121 Å². The van der Waals surface area contributed by atoms with Crippen molar-refractivity contribution >= 4 is 88.8 Å². The van der Waals surface area contributed by atoms with Gasteiger partial charge in [-0.15, -0.1) is 0 Å². The lowest BCUT2D eigenvalue weighted by Gasteiger charge is -2.41. The molecule has 19 rings (SSSR count). The number of aliphatic hydroxyl groups is 8. The molecule has 3 aliphatic rings. The van der Waals surface area contributed by atoms with E-state index in [-0.39, 0.29) is 160 Å². The number of phenolic OH excluding ortho intramolecular Hbond substituents is 7. The lowest BCUT2D eigenvalue weighted by atomic mass is 9.97. The third kappa shape index (κ3) is 21.5. The number of ether oxygens (including phenoxy) is 15. The summed E-state index contributed by atoms with van der Waals surface area (Å²) < 4.78 is 118. The summed E-state index contributed by atoms with van der Waals surface area (Å²) in [5.41, 5.74) is -2.81. The van der Waals surface area contributed by atoms with Crippen LogP contribution in [0.3, 0.4) is 0 Å². The predicted molar refractivity (Wildman–Crippen MR) is 509 cm³/mol. The Morgan fingerprint density at radius 2 is 0.719 bits per heavy atom. The van der Waals surface area contributed by atoms with E-state index in [1.165, 1.54) is 202 Å². The van der Waals surface area contributed by atoms with Crippen molar-refractivity contribution in [1.29, 1.82) is 0 Å². The van der Waals surface area contributed by atoms with Crippen LogP contribution in [0, 0.1) is 0 Å². The number of aliphatic hydroxyl groups excluding tert-OH is 8. The molecule has 146 heavy (non-hydrogen) atoms. The summed E-state index contributed by atoms with van der Waals surface area (Å²) in [6.45, 7) is -1.63. The fourth-order valence-corrected chi connectivity index (χ4v) is 15.7. The quantitative estimate of drug-likeness (QED) is 0.0140. The number of aromatic hydroxyl groups is 7. The van der Waals surface area contributed by atoms with Gasteiger partial charge in [0.2, 0.25) is 24.1 Å². The molecule has 762 valence electrons. The van der Waals surface area contributed by atoms with Crippen LogP contribution in [0.1, 0.15) is 17.2 Å². The van der Waals surface area contributed by atoms with Crippen molar-refractivity contribution in [3.05, 3.63) is 266 Å². The zero-order chi connectivity index (χ0) is 105. The van der Waals surface area contributed by atoms with Crippen LogP contribution in [0.2, 0.25) is 0 Å². The summed E-state index contributed by atoms with van der Waals surface area (Å²) in [4.78, 5) is 95.4. The fourth-order valence-electron chi connectivity index (χ4n) is 15.7. The standard InChI is InChI=1S/C25H24O12.C20H14O8.C20H18O8.C20H14O8.C16H18O9/c1-33-17-9-13-4-7-20(29)34-16(13)10-18(17)35-25-23(32)22(31)24(19(11-26)36-25)37-21(30)6-3-12-2-5-14(27)15(28)8-12;1-25-17-5-9-3-11(19(23)27-15(9)7-13(17)21)12-4-10-6-18(26-2)14(22)8-16(10)28-20(12)24;1-24-13-7-10(3-5-12(13)22)17-15(9-21)26-20-18-11(4-6-16(23)27-18)8-14(25-2)19(20)28-17;1-25-11-7-9-3-5-13(21)27-19(9)15(17(11)23)16-18(24)12(26-2)8-10-4-6-14(22)28-20(10)16;1-22-9-4-7-2-3-12(18)23-8(7)5-10(9)24-16-15(21)14(20)13(19)11(6-17)25-16/h2-10,19,22-28,31-32H,11H2,1H3;3-8,21-22H,1-2H3;3-8,15,17,21-22H,9H2,1-2H3;3-8,23-24H,1-2H3;2-5,11,13-17,19-21H,6H2,1H3/b6-3+;;;;. The Labute approximate surface area is 816 Å². The van der Waals surface area contributed by atoms with Gasteiger partial charge in [0.15, 0.2) is 133 Å². The number of fused-ring (bicyclic) bond motifs is 9. The number of carbonyl (C=O) groups is 1. The highest BCUT2D eigenvalue weighted by molar-refractivity contribution is 6.08. The van der Waals surface area contributed by atoms with E-state index in [4.69, 9.17) is 102 Å². The molecule has 12 atom stereocenters. The predicted octanol–water partition coefficient (Wildman–Crippen LogP) is 8.01. The molecule has 0 radical (unpaired) electrons. The Bertz CT molecular complexity index is 7900. The van der Waals surface area contributed by atoms with Gasteiger partial charge in [0.05, 0.1) is 99.0 Å². The summed E-state index contributed by atoms with van der Waals surface area (Å²) in [5.74, 6) is -0.589. The van der Waals surface area contributed by atoms with Gasteiger partial charge in [0, 0.05) is 104 Å². The molecule has 2 fully saturated rings. The third-order valence-electron chi connectivity index (χ3n) is 22.9. The zero-order valence-electron chi connectivity index (χ0n) is 77.4. The average Bonchev–Trinajstić information content (AvgIpc) is 0.742. The molecular weight excluding hydrogens is 1930 g/mol. The second kappa shape index (κ2) is 43.9. The summed E-state index contributed by atoms with van der Waals surface area (Å²) in [5, 5.41) is 153. The Hall–Kier alpha value is -17.5. The van der Waals surface area contributed by atoms with Gasteiger partial charge in [-0.3, -0.25) is 0 Å². The smallest absolute Gasteiger partial charge is 0.344 e. The van der Waals surface area contributed by atoms with Crippen molar-refractivity contribution in [3.8, 4) is 131 Å². The summed E-state index contributed by atoms with van der Waals surface area (Å²) in [6.07, 6.45) is -14.0. The molecule has 2 saturated heterocycles. The molecule has 15 N–H and O–H groups in total. The van der Waals surface area contributed by atoms with Crippen LogP contribution in [0.5, 0.6) is 109 Å². The molecule has 9 aromatic carbocycles. The van der Waals surface area contributed by atoms with E-state index in [1.54, 1.807) is 36.4 Å². The van der Waals surface area contributed by atoms with Gasteiger partial charge in [-0.1, -0.05) is 12.1 Å². The summed E-state index contributed by atoms with van der Waals surface area (Å²) in [6, 6.07) is 41.4. The molecule has 12 unspecified atom stereocenters. The molecule has 16 aromatic rings. The molecule has 45 heteroatoms. The van der Waals surface area contributed by atoms with Crippen LogP contribution in [-0.4, -0.2) is 227 Å². The van der Waals surface area contributed by atoms with Crippen LogP contribution in [0.4, 0.5) is 0 Å². The van der Waals surface area contributed by atoms with Gasteiger partial charge in [0.1, 0.15) is 65.1 Å². The number of hydrogen-bond donors (Lipinski definition) is 15. The number of esters is 1. The number of carbonyl (C=O) groups excluding carboxylic acids is 1. The molecule has 0 bridgehead atoms. The molecule has 45 nitrogen and oxygen atoms in total. The van der Waals surface area contributed by atoms with Gasteiger partial charge in [-0.25, -0.2) is 38.4 Å². The van der Waals surface area contributed by atoms with Crippen LogP contribution < -0.4 is 96.2 Å². The number of phenols is 7. The van der Waals surface area contributed by atoms with Crippen molar-refractivity contribution < 1.29 is 183 Å². The monoisotopic (exact) mass is 2020 g/mol. The first-order valence-electron chi connectivity index (χ1n) is 43.3. The number of rotatable bonds is 21. The molecule has 0 spiro atoms. The SMILES string of the molecule is COc1cc(C2Oc3c(OC)cc4ccc(=O)oc4c3OC2CO)ccc1O.COc1cc2cc(-c3cc4cc(OC)c(O)cc4oc3=O)c(=O)oc2cc1O.COc1cc2ccc(=O)oc2c(-c2c(O)c(OC)cc3ccc(=O)oc23)c1O.COc1cc2ccc(=O)oc2cc1OC1OC(CO)C(O)C(O)C1O.COc1cc2ccc(=O)oc2cc1OC1OC(CO)C(OC(=O)/C=C/c2ccc(O)c(O)c2)C(O)C1O. The number of benzene rings is 9. The topological polar surface area (TPSA) is 670 Å². The Kier molecular flexibility index (Phi) is 30.9. The Morgan fingerprint density at radius 1 is 0.322 bits per heavy atom. The lowest BCUT2D eigenvalue weighted by molar-refractivity contribution is -0.280. The maximum Gasteiger partial charge on any atom is 0.344 e. The first-order valence-corrected chi connectivity index (χ1v) is 43.3. The van der Waals surface area contributed by atoms with E-state index in [1.807, 2.05) is 0 Å². The third-order valence-corrected chi connectivity index (χ3v) is 22.9. The van der Waals surface area contributed by atoms with Crippen molar-refractivity contribution in [2.24, 2.45) is 0 Å². The maximum atomic E-state index is 12.4. The van der Waals surface area contributed by atoms with Crippen LogP contribution in [0.15, 0.2) is 246 Å². The maximum absolute atomic E-state index is 12.4. The largest absolute Gasteiger partial charge is 0.504 e. The van der Waals surface area contributed by atoms with Gasteiger partial charge in [-0.2, -0.15) is 0 Å². The normalized spacial score (nSPS) is 18.8. The molecule has 7 aromatic heterocycles. The van der Waals surface area contributed by atoms with Crippen molar-refractivity contribution in [2.75, 3.05) is 76.7 Å². The Morgan fingerprint density at radius 3 is 1.18 bits per heavy atom. The van der Waals surface area contributed by atoms with E-state index in [2.05, 4.69) is 0 Å². The van der Waals surface area contributed by atoms with Crippen molar-refractivity contribution in [3.63, 3.8) is 0 Å². The van der Waals surface area contributed by atoms with Crippen molar-refractivity contribution in [2.45, 2.75) is 73.6 Å². The van der Waals surface area contributed by atoms with Crippen LogP contribution in [0.25, 0.3) is 105 Å². The summed E-state index contributed by atoms with van der Waals surface area (Å²) in [7, 11) is 11.2. The van der Waals surface area contributed by atoms with Crippen LogP contribution >= 0.6 is 0 Å². The summed E-state index contributed by atoms with van der Waals surface area (Å²) >= 11 is 0. The van der Waals surface area contributed by atoms with Crippen LogP contribution in [-0.2, 0) is 19.0 Å². The molecule has 0 amide bonds. The fraction of sp³-hybridized carbons (Fsp3) is 0.228. The minimum absolute atomic E-state index is 0.0112. The zero-order valence-corrected chi connectivity index (χ0v) is 77.4. The van der Waals surface area contributed by atoms with E-state index in [0.29, 0.717) is 54.6 Å². The van der Waals surface area contributed by atoms with E-state index in [9.17, 15) is 115 Å². The number of hydrogen-bond acceptors (Lipinski definition) is 45. The molecule has 0 aliphatic carbocycles. The first kappa shape index (κ1) is 103. The van der Waals surface area contributed by atoms with Crippen molar-refractivity contribution in [1.82, 2.24) is 0 Å². The second-order valence-electron chi connectivity index (χ2n) is 31.9. The van der Waals surface area contributed by atoms with E-state index < -0.39 is 144 Å². The number of methoxy groups -OCH3 is 8. The first-order chi connectivity index (χ1) is 70.0. The van der Waals surface area contributed by atoms with Gasteiger partial charge < -0.3 is 179 Å². The highest BCUT2D eigenvalue weighted by atomic mass is 16.7. The van der Waals surface area contributed by atoms with E-state index in [0.717, 1.165) is 6.08 Å². The second-order valence-corrected chi connectivity index (χ2v) is 31.9. The highest BCUT2D eigenvalue weighted by Crippen LogP contribution is 2.53. The minimum Gasteiger partial charge on any atom is -0.504 e. The minimum atomic E-state index is -1.72. The highest BCUT2D eigenvalue weighted by Gasteiger charge is 2.49. The van der Waals surface area contributed by atoms with Gasteiger partial charge in [0.25, 0.3) is 0 Å². The average molecular weight is 2020 g/mol. The lowest BCUT2D eigenvalue weighted by Crippen LogP contribution is -2.61. The molecule has 3 aliphatic heterocycles. The Balaban J connectivity index is 0.000000138.